The Balaban J connectivity index is 0.000000229. The molecule has 0 spiro atoms. The summed E-state index contributed by atoms with van der Waals surface area (Å²) in [6.45, 7) is 5.28. The van der Waals surface area contributed by atoms with Crippen molar-refractivity contribution in [3.63, 3.8) is 0 Å². The normalized spacial score (nSPS) is 10.9. The zero-order chi connectivity index (χ0) is 37.1. The zero-order valence-corrected chi connectivity index (χ0v) is 30.0. The van der Waals surface area contributed by atoms with Crippen molar-refractivity contribution < 1.29 is 47.4 Å². The average Bonchev–Trinajstić information content (AvgIpc) is 3.66. The molecule has 0 aliphatic carbocycles. The second kappa shape index (κ2) is 18.3. The number of nitrogens with two attached hydrogens (primary N) is 1. The molecule has 0 aliphatic rings. The third-order valence-corrected chi connectivity index (χ3v) is 7.93. The highest BCUT2D eigenvalue weighted by atomic mass is 79.9. The number of fused-ring (bicyclic) bond motifs is 1. The number of benzene rings is 2. The lowest BCUT2D eigenvalue weighted by Gasteiger charge is -2.20. The van der Waals surface area contributed by atoms with Crippen LogP contribution in [0.15, 0.2) is 81.9 Å². The van der Waals surface area contributed by atoms with Crippen molar-refractivity contribution in [1.82, 2.24) is 14.4 Å². The second-order valence-electron chi connectivity index (χ2n) is 10.4. The van der Waals surface area contributed by atoms with E-state index in [2.05, 4.69) is 46.2 Å². The maximum atomic E-state index is 11.8. The van der Waals surface area contributed by atoms with Crippen molar-refractivity contribution >= 4 is 73.8 Å². The number of hydrogen-bond acceptors (Lipinski definition) is 8. The lowest BCUT2D eigenvalue weighted by molar-refractivity contribution is -0.153. The lowest BCUT2D eigenvalue weighted by atomic mass is 9.76. The summed E-state index contributed by atoms with van der Waals surface area (Å²) < 4.78 is 42.3. The van der Waals surface area contributed by atoms with Crippen LogP contribution in [0.4, 0.5) is 13.2 Å². The molecule has 11 nitrogen and oxygen atoms in total. The number of aliphatic carboxylic acids is 1. The molecule has 0 radical (unpaired) electrons. The molecule has 0 fully saturated rings. The summed E-state index contributed by atoms with van der Waals surface area (Å²) in [4.78, 5) is 29.7. The molecular weight excluding hydrogens is 803 g/mol. The first-order valence-electron chi connectivity index (χ1n) is 13.9. The van der Waals surface area contributed by atoms with Crippen molar-refractivity contribution in [1.29, 1.82) is 0 Å². The molecule has 0 atom stereocenters. The van der Waals surface area contributed by atoms with Gasteiger partial charge in [-0.2, -0.15) is 13.2 Å². The Morgan fingerprint density at radius 2 is 1.73 bits per heavy atom. The van der Waals surface area contributed by atoms with Gasteiger partial charge in [-0.1, -0.05) is 73.8 Å². The molecule has 0 amide bonds. The number of carbonyl (C=O) groups is 2. The predicted octanol–water partition coefficient (Wildman–Crippen LogP) is 6.22. The summed E-state index contributed by atoms with van der Waals surface area (Å²) in [6.07, 6.45) is -1.17. The van der Waals surface area contributed by atoms with Gasteiger partial charge in [-0.15, -0.1) is 0 Å². The molecule has 18 heteroatoms. The van der Waals surface area contributed by atoms with Gasteiger partial charge in [-0.25, -0.2) is 14.8 Å². The zero-order valence-electron chi connectivity index (χ0n) is 26.1. The van der Waals surface area contributed by atoms with E-state index in [1.54, 1.807) is 51.4 Å². The van der Waals surface area contributed by atoms with Gasteiger partial charge in [0.15, 0.2) is 5.69 Å². The monoisotopic (exact) mass is 832 g/mol. The number of carboxylic acid groups (broad SMARTS) is 2. The molecule has 0 aliphatic heterocycles. The van der Waals surface area contributed by atoms with E-state index >= 15 is 0 Å². The maximum absolute atomic E-state index is 11.8. The Labute approximate surface area is 301 Å². The molecular formula is C31H31BBr2ClF3N4O7. The summed E-state index contributed by atoms with van der Waals surface area (Å²) in [5, 5.41) is 36.8. The fourth-order valence-corrected chi connectivity index (χ4v) is 4.81. The van der Waals surface area contributed by atoms with Crippen LogP contribution in [0.2, 0.25) is 5.02 Å². The van der Waals surface area contributed by atoms with Crippen LogP contribution < -0.4 is 11.2 Å². The number of nitrogens with zero attached hydrogens (tertiary/aromatic N) is 3. The highest BCUT2D eigenvalue weighted by molar-refractivity contribution is 9.10. The van der Waals surface area contributed by atoms with E-state index < -0.39 is 36.4 Å². The van der Waals surface area contributed by atoms with E-state index in [9.17, 15) is 22.8 Å². The van der Waals surface area contributed by atoms with Crippen molar-refractivity contribution in [2.45, 2.75) is 44.2 Å². The molecule has 5 aromatic rings. The van der Waals surface area contributed by atoms with Crippen molar-refractivity contribution in [2.24, 2.45) is 5.73 Å². The van der Waals surface area contributed by atoms with E-state index in [-0.39, 0.29) is 11.5 Å². The molecule has 6 N–H and O–H groups in total. The SMILES string of the molecule is CC(C)(C(=O)O)c1cccc(B(O)O)c1.Cc1nc2ncccn2c1C(=O)O.FC(F)(F)c1ccc(CBr)o1.NCc1ccc(Br)cc1Cl. The second-order valence-corrected chi connectivity index (χ2v) is 12.3. The molecule has 49 heavy (non-hydrogen) atoms. The van der Waals surface area contributed by atoms with Crippen LogP contribution in [0.1, 0.15) is 52.7 Å². The first-order chi connectivity index (χ1) is 22.8. The Hall–Kier alpha value is -3.74. The third kappa shape index (κ3) is 12.0. The summed E-state index contributed by atoms with van der Waals surface area (Å²) in [6, 6.07) is 15.8. The Kier molecular flexibility index (Phi) is 15.5. The Morgan fingerprint density at radius 3 is 2.22 bits per heavy atom. The van der Waals surface area contributed by atoms with Crippen LogP contribution in [0, 0.1) is 6.92 Å². The first kappa shape index (κ1) is 41.4. The number of halogens is 6. The molecule has 3 heterocycles. The topological polar surface area (TPSA) is 184 Å². The van der Waals surface area contributed by atoms with Gasteiger partial charge in [-0.05, 0) is 67.7 Å². The number of rotatable bonds is 6. The van der Waals surface area contributed by atoms with E-state index in [0.29, 0.717) is 34.4 Å². The molecule has 3 aromatic heterocycles. The molecule has 0 unspecified atom stereocenters. The lowest BCUT2D eigenvalue weighted by Crippen LogP contribution is -2.34. The van der Waals surface area contributed by atoms with Crippen molar-refractivity contribution in [3.8, 4) is 0 Å². The van der Waals surface area contributed by atoms with Gasteiger partial charge in [0.05, 0.1) is 16.4 Å². The number of aromatic nitrogens is 3. The van der Waals surface area contributed by atoms with E-state index in [1.165, 1.54) is 22.6 Å². The highest BCUT2D eigenvalue weighted by Crippen LogP contribution is 2.31. The van der Waals surface area contributed by atoms with E-state index in [0.717, 1.165) is 21.1 Å². The molecule has 0 bridgehead atoms. The van der Waals surface area contributed by atoms with Crippen LogP contribution in [0.5, 0.6) is 0 Å². The number of alkyl halides is 4. The van der Waals surface area contributed by atoms with Gasteiger partial charge in [0, 0.05) is 28.4 Å². The Morgan fingerprint density at radius 1 is 1.06 bits per heavy atom. The number of imidazole rings is 1. The van der Waals surface area contributed by atoms with Gasteiger partial charge >= 0.3 is 25.2 Å². The fourth-order valence-electron chi connectivity index (χ4n) is 3.76. The van der Waals surface area contributed by atoms with Gasteiger partial charge in [0.25, 0.3) is 0 Å². The smallest absolute Gasteiger partial charge is 0.481 e. The Bertz CT molecular complexity index is 1870. The first-order valence-corrected chi connectivity index (χ1v) is 16.2. The maximum Gasteiger partial charge on any atom is 0.488 e. The summed E-state index contributed by atoms with van der Waals surface area (Å²) in [5.74, 6) is -2.20. The van der Waals surface area contributed by atoms with Gasteiger partial charge < -0.3 is 30.4 Å². The number of aromatic carboxylic acids is 1. The van der Waals surface area contributed by atoms with Gasteiger partial charge in [0.2, 0.25) is 11.5 Å². The van der Waals surface area contributed by atoms with E-state index in [1.807, 2.05) is 18.2 Å². The largest absolute Gasteiger partial charge is 0.488 e. The summed E-state index contributed by atoms with van der Waals surface area (Å²) >= 11 is 12.1. The van der Waals surface area contributed by atoms with Crippen LogP contribution in [0.3, 0.4) is 0 Å². The number of hydrogen-bond donors (Lipinski definition) is 5. The van der Waals surface area contributed by atoms with Crippen LogP contribution in [-0.2, 0) is 28.3 Å². The number of furan rings is 1. The van der Waals surface area contributed by atoms with Crippen molar-refractivity contribution in [2.75, 3.05) is 0 Å². The van der Waals surface area contributed by atoms with Crippen LogP contribution in [-0.4, -0.2) is 53.7 Å². The molecule has 262 valence electrons. The molecule has 2 aromatic carbocycles. The van der Waals surface area contributed by atoms with Gasteiger partial charge in [-0.3, -0.25) is 9.20 Å². The minimum absolute atomic E-state index is 0.170. The molecule has 0 saturated heterocycles. The minimum Gasteiger partial charge on any atom is -0.481 e. The van der Waals surface area contributed by atoms with Crippen molar-refractivity contribution in [3.05, 3.63) is 117 Å². The van der Waals surface area contributed by atoms with E-state index in [4.69, 9.17) is 37.6 Å². The quantitative estimate of drug-likeness (QED) is 0.0973. The fraction of sp³-hybridized carbons (Fsp3) is 0.226. The average molecular weight is 835 g/mol. The van der Waals surface area contributed by atoms with Gasteiger partial charge in [0.1, 0.15) is 5.76 Å². The van der Waals surface area contributed by atoms with Crippen LogP contribution in [0.25, 0.3) is 5.78 Å². The standard InChI is InChI=1S/C10H13BO4.C8H7N3O2.C7H7BrClN.C6H4BrF3O/c1-10(2,9(12)13)7-4-3-5-8(6-7)11(14)15;1-5-6(7(12)13)11-4-2-3-9-8(11)10-5;8-6-2-1-5(4-10)7(9)3-6;7-3-4-1-2-5(11-4)6(8,9)10/h3-6,14-15H,1-2H3,(H,12,13);2-4H,1H3,(H,12,13);1-3H,4,10H2;1-2H,3H2. The number of carboxylic acids is 2. The summed E-state index contributed by atoms with van der Waals surface area (Å²) in [5.41, 5.74) is 6.82. The third-order valence-electron chi connectivity index (χ3n) is 6.53. The summed E-state index contributed by atoms with van der Waals surface area (Å²) in [7, 11) is -1.57. The highest BCUT2D eigenvalue weighted by Gasteiger charge is 2.34. The molecule has 0 saturated carbocycles. The predicted molar refractivity (Wildman–Crippen MR) is 185 cm³/mol. The minimum atomic E-state index is -4.37. The van der Waals surface area contributed by atoms with Crippen LogP contribution >= 0.6 is 43.5 Å². The number of aryl methyl sites for hydroxylation is 1. The molecule has 5 rings (SSSR count).